The van der Waals surface area contributed by atoms with Crippen LogP contribution in [0.4, 0.5) is 0 Å². The Morgan fingerprint density at radius 3 is 2.80 bits per heavy atom. The van der Waals surface area contributed by atoms with Crippen molar-refractivity contribution < 1.29 is 5.11 Å². The Labute approximate surface area is 92.6 Å². The van der Waals surface area contributed by atoms with Crippen LogP contribution in [-0.4, -0.2) is 11.7 Å². The van der Waals surface area contributed by atoms with Crippen LogP contribution in [0.5, 0.6) is 0 Å². The van der Waals surface area contributed by atoms with Crippen LogP contribution in [0.2, 0.25) is 0 Å². The molecule has 1 N–H and O–H groups in total. The Morgan fingerprint density at radius 1 is 1.33 bits per heavy atom. The Balaban J connectivity index is 1.98. The summed E-state index contributed by atoms with van der Waals surface area (Å²) in [5.41, 5.74) is 0.320. The molecule has 0 saturated heterocycles. The van der Waals surface area contributed by atoms with Crippen molar-refractivity contribution in [1.29, 1.82) is 0 Å². The lowest BCUT2D eigenvalue weighted by molar-refractivity contribution is -0.128. The predicted molar refractivity (Wildman–Crippen MR) is 61.3 cm³/mol. The number of aliphatic hydroxyl groups is 1. The van der Waals surface area contributed by atoms with Crippen molar-refractivity contribution >= 4 is 0 Å². The number of hydrogen-bond acceptors (Lipinski definition) is 1. The minimum absolute atomic E-state index is 0.320. The third-order valence-corrected chi connectivity index (χ3v) is 5.88. The van der Waals surface area contributed by atoms with Gasteiger partial charge in [0.2, 0.25) is 0 Å². The van der Waals surface area contributed by atoms with Gasteiger partial charge >= 0.3 is 0 Å². The van der Waals surface area contributed by atoms with Crippen LogP contribution in [0.25, 0.3) is 0 Å². The van der Waals surface area contributed by atoms with Crippen molar-refractivity contribution in [3.05, 3.63) is 12.7 Å². The highest BCUT2D eigenvalue weighted by atomic mass is 16.3. The fourth-order valence-corrected chi connectivity index (χ4v) is 5.01. The first-order chi connectivity index (χ1) is 7.19. The molecule has 0 aromatic heterocycles. The molecule has 0 radical (unpaired) electrons. The van der Waals surface area contributed by atoms with Gasteiger partial charge in [-0.2, -0.15) is 0 Å². The van der Waals surface area contributed by atoms with E-state index < -0.39 is 0 Å². The predicted octanol–water partition coefficient (Wildman–Crippen LogP) is 2.85. The van der Waals surface area contributed by atoms with Crippen LogP contribution >= 0.6 is 0 Å². The third kappa shape index (κ3) is 1.13. The molecule has 0 spiro atoms. The smallest absolute Gasteiger partial charge is 0.0464 e. The van der Waals surface area contributed by atoms with E-state index >= 15 is 0 Å². The summed E-state index contributed by atoms with van der Waals surface area (Å²) in [6, 6.07) is 0. The van der Waals surface area contributed by atoms with Gasteiger partial charge in [0.15, 0.2) is 0 Å². The van der Waals surface area contributed by atoms with E-state index in [4.69, 9.17) is 0 Å². The van der Waals surface area contributed by atoms with Crippen molar-refractivity contribution in [3.63, 3.8) is 0 Å². The Bertz CT molecular complexity index is 285. The summed E-state index contributed by atoms with van der Waals surface area (Å²) in [4.78, 5) is 0. The first kappa shape index (κ1) is 9.89. The van der Waals surface area contributed by atoms with Crippen LogP contribution in [-0.2, 0) is 0 Å². The molecule has 4 bridgehead atoms. The van der Waals surface area contributed by atoms with E-state index in [0.717, 1.165) is 23.7 Å². The second-order valence-corrected chi connectivity index (χ2v) is 6.29. The third-order valence-electron chi connectivity index (χ3n) is 5.88. The van der Waals surface area contributed by atoms with Gasteiger partial charge in [0.1, 0.15) is 0 Å². The van der Waals surface area contributed by atoms with E-state index in [1.54, 1.807) is 0 Å². The summed E-state index contributed by atoms with van der Waals surface area (Å²) in [6.45, 7) is 6.85. The molecule has 6 atom stereocenters. The zero-order valence-corrected chi connectivity index (χ0v) is 9.65. The van der Waals surface area contributed by atoms with Crippen molar-refractivity contribution in [1.82, 2.24) is 0 Å². The van der Waals surface area contributed by atoms with E-state index in [2.05, 4.69) is 19.6 Å². The van der Waals surface area contributed by atoms with Gasteiger partial charge in [0.25, 0.3) is 0 Å². The molecule has 4 fully saturated rings. The minimum Gasteiger partial charge on any atom is -0.396 e. The highest BCUT2D eigenvalue weighted by molar-refractivity contribution is 5.13. The lowest BCUT2D eigenvalue weighted by atomic mass is 9.43. The normalized spacial score (nSPS) is 57.1. The summed E-state index contributed by atoms with van der Waals surface area (Å²) in [5.74, 6) is 3.94. The lowest BCUT2D eigenvalue weighted by Gasteiger charge is -2.62. The molecular formula is C14H22O. The lowest BCUT2D eigenvalue weighted by Crippen LogP contribution is -2.56. The standard InChI is InChI=1S/C14H22O/c1-3-14(2)11-5-9-4-10(7-11)12(8-15)13(14)6-9/h3,9-13,15H,1,4-8H2,2H3. The summed E-state index contributed by atoms with van der Waals surface area (Å²) >= 11 is 0. The summed E-state index contributed by atoms with van der Waals surface area (Å²) < 4.78 is 0. The van der Waals surface area contributed by atoms with Gasteiger partial charge in [-0.05, 0) is 60.7 Å². The van der Waals surface area contributed by atoms with Crippen LogP contribution in [0.3, 0.4) is 0 Å². The molecular weight excluding hydrogens is 184 g/mol. The van der Waals surface area contributed by atoms with E-state index in [1.807, 2.05) is 0 Å². The zero-order chi connectivity index (χ0) is 10.6. The number of allylic oxidation sites excluding steroid dienone is 1. The molecule has 0 amide bonds. The zero-order valence-electron chi connectivity index (χ0n) is 9.65. The fourth-order valence-electron chi connectivity index (χ4n) is 5.01. The van der Waals surface area contributed by atoms with Crippen LogP contribution in [0.15, 0.2) is 12.7 Å². The Kier molecular flexibility index (Phi) is 2.04. The topological polar surface area (TPSA) is 20.2 Å². The molecule has 0 aromatic rings. The molecule has 4 aliphatic carbocycles. The van der Waals surface area contributed by atoms with Gasteiger partial charge in [-0.15, -0.1) is 6.58 Å². The Morgan fingerprint density at radius 2 is 2.13 bits per heavy atom. The monoisotopic (exact) mass is 206 g/mol. The first-order valence-electron chi connectivity index (χ1n) is 6.43. The number of aliphatic hydroxyl groups excluding tert-OH is 1. The average molecular weight is 206 g/mol. The molecule has 1 heteroatoms. The summed E-state index contributed by atoms with van der Waals surface area (Å²) in [5, 5.41) is 9.59. The van der Waals surface area contributed by atoms with E-state index in [1.165, 1.54) is 25.7 Å². The van der Waals surface area contributed by atoms with Crippen molar-refractivity contribution in [2.45, 2.75) is 32.6 Å². The number of rotatable bonds is 2. The maximum atomic E-state index is 9.59. The molecule has 84 valence electrons. The molecule has 15 heavy (non-hydrogen) atoms. The quantitative estimate of drug-likeness (QED) is 0.689. The SMILES string of the molecule is C=CC1(C)C2CC3CC(C2)C(CO)C1C3. The van der Waals surface area contributed by atoms with Gasteiger partial charge in [-0.1, -0.05) is 13.0 Å². The molecule has 6 unspecified atom stereocenters. The summed E-state index contributed by atoms with van der Waals surface area (Å²) in [7, 11) is 0. The maximum absolute atomic E-state index is 9.59. The second kappa shape index (κ2) is 3.10. The van der Waals surface area contributed by atoms with Gasteiger partial charge in [-0.25, -0.2) is 0 Å². The summed E-state index contributed by atoms with van der Waals surface area (Å²) in [6.07, 6.45) is 7.71. The minimum atomic E-state index is 0.320. The highest BCUT2D eigenvalue weighted by Gasteiger charge is 2.57. The first-order valence-corrected chi connectivity index (χ1v) is 6.43. The van der Waals surface area contributed by atoms with Crippen LogP contribution in [0.1, 0.15) is 32.6 Å². The average Bonchev–Trinajstić information content (AvgIpc) is 2.25. The van der Waals surface area contributed by atoms with Gasteiger partial charge < -0.3 is 5.11 Å². The maximum Gasteiger partial charge on any atom is 0.0464 e. The van der Waals surface area contributed by atoms with E-state index in [9.17, 15) is 5.11 Å². The van der Waals surface area contributed by atoms with E-state index in [0.29, 0.717) is 17.9 Å². The van der Waals surface area contributed by atoms with Crippen LogP contribution in [0, 0.1) is 35.0 Å². The molecule has 4 aliphatic rings. The highest BCUT2D eigenvalue weighted by Crippen LogP contribution is 2.64. The molecule has 0 aliphatic heterocycles. The van der Waals surface area contributed by atoms with Crippen molar-refractivity contribution in [3.8, 4) is 0 Å². The molecule has 1 nitrogen and oxygen atoms in total. The second-order valence-electron chi connectivity index (χ2n) is 6.29. The largest absolute Gasteiger partial charge is 0.396 e. The van der Waals surface area contributed by atoms with Crippen LogP contribution < -0.4 is 0 Å². The van der Waals surface area contributed by atoms with Gasteiger partial charge in [-0.3, -0.25) is 0 Å². The van der Waals surface area contributed by atoms with E-state index in [-0.39, 0.29) is 0 Å². The van der Waals surface area contributed by atoms with Crippen molar-refractivity contribution in [2.75, 3.05) is 6.61 Å². The van der Waals surface area contributed by atoms with Crippen molar-refractivity contribution in [2.24, 2.45) is 35.0 Å². The number of hydrogen-bond donors (Lipinski definition) is 1. The molecule has 0 aromatic carbocycles. The molecule has 4 rings (SSSR count). The van der Waals surface area contributed by atoms with Gasteiger partial charge in [0.05, 0.1) is 0 Å². The molecule has 4 saturated carbocycles. The fraction of sp³-hybridized carbons (Fsp3) is 0.857. The molecule has 0 heterocycles. The Hall–Kier alpha value is -0.300. The van der Waals surface area contributed by atoms with Gasteiger partial charge in [0, 0.05) is 6.61 Å².